The van der Waals surface area contributed by atoms with Crippen molar-refractivity contribution in [2.24, 2.45) is 0 Å². The Labute approximate surface area is 143 Å². The Morgan fingerprint density at radius 2 is 1.12 bits per heavy atom. The van der Waals surface area contributed by atoms with Crippen molar-refractivity contribution in [3.05, 3.63) is 73.8 Å². The highest BCUT2D eigenvalue weighted by Crippen LogP contribution is 2.25. The molecule has 0 radical (unpaired) electrons. The lowest BCUT2D eigenvalue weighted by Crippen LogP contribution is -2.14. The van der Waals surface area contributed by atoms with Crippen molar-refractivity contribution in [1.82, 2.24) is 0 Å². The van der Waals surface area contributed by atoms with Crippen molar-refractivity contribution in [2.45, 2.75) is 0 Å². The maximum absolute atomic E-state index is 11.3. The van der Waals surface area contributed by atoms with Crippen LogP contribution in [0, 0.1) is 0 Å². The molecule has 6 nitrogen and oxygen atoms in total. The molecule has 2 rings (SSSR count). The molecule has 0 aliphatic rings. The van der Waals surface area contributed by atoms with E-state index in [0.717, 1.165) is 23.3 Å². The lowest BCUT2D eigenvalue weighted by atomic mass is 10.1. The third-order valence-corrected chi connectivity index (χ3v) is 2.98. The first-order chi connectivity index (χ1) is 12.0. The van der Waals surface area contributed by atoms with Crippen LogP contribution in [-0.4, -0.2) is 18.1 Å². The summed E-state index contributed by atoms with van der Waals surface area (Å²) in [5.41, 5.74) is 1.72. The van der Waals surface area contributed by atoms with E-state index >= 15 is 0 Å². The topological polar surface area (TPSA) is 78.9 Å². The molecule has 0 bridgehead atoms. The summed E-state index contributed by atoms with van der Waals surface area (Å²) in [7, 11) is 0. The minimum Gasteiger partial charge on any atom is -0.423 e. The monoisotopic (exact) mass is 338 g/mol. The zero-order valence-electron chi connectivity index (χ0n) is 13.1. The highest BCUT2D eigenvalue weighted by Gasteiger charge is 2.10. The molecule has 2 aromatic rings. The first kappa shape index (κ1) is 17.7. The zero-order chi connectivity index (χ0) is 18.2. The van der Waals surface area contributed by atoms with Crippen LogP contribution in [0.15, 0.2) is 73.8 Å². The molecule has 25 heavy (non-hydrogen) atoms. The summed E-state index contributed by atoms with van der Waals surface area (Å²) in [6.45, 7) is 6.51. The normalized spacial score (nSPS) is 9.60. The lowest BCUT2D eigenvalue weighted by molar-refractivity contribution is -0.133. The molecule has 126 valence electrons. The molecular weight excluding hydrogens is 324 g/mol. The first-order valence-corrected chi connectivity index (χ1v) is 7.12. The van der Waals surface area contributed by atoms with E-state index in [-0.39, 0.29) is 5.75 Å². The second-order valence-corrected chi connectivity index (χ2v) is 4.65. The van der Waals surface area contributed by atoms with E-state index < -0.39 is 18.1 Å². The Kier molecular flexibility index (Phi) is 5.84. The quantitative estimate of drug-likeness (QED) is 0.272. The molecule has 0 atom stereocenters. The van der Waals surface area contributed by atoms with Gasteiger partial charge in [0, 0.05) is 12.2 Å². The molecule has 2 aromatic carbocycles. The summed E-state index contributed by atoms with van der Waals surface area (Å²) in [4.78, 5) is 33.3. The molecule has 0 aromatic heterocycles. The Morgan fingerprint density at radius 1 is 0.680 bits per heavy atom. The van der Waals surface area contributed by atoms with Gasteiger partial charge >= 0.3 is 18.1 Å². The fraction of sp³-hybridized carbons (Fsp3) is 0. The number of carbonyl (C=O) groups excluding carboxylic acids is 3. The molecule has 0 unspecified atom stereocenters. The number of benzene rings is 2. The van der Waals surface area contributed by atoms with Crippen LogP contribution in [0.3, 0.4) is 0 Å². The number of esters is 2. The summed E-state index contributed by atoms with van der Waals surface area (Å²) in [5, 5.41) is 0. The van der Waals surface area contributed by atoms with Crippen LogP contribution in [0.5, 0.6) is 11.5 Å². The highest BCUT2D eigenvalue weighted by molar-refractivity contribution is 5.89. The van der Waals surface area contributed by atoms with Gasteiger partial charge in [0.2, 0.25) is 0 Å². The molecule has 6 heteroatoms. The van der Waals surface area contributed by atoms with Gasteiger partial charge in [0.25, 0.3) is 0 Å². The average Bonchev–Trinajstić information content (AvgIpc) is 2.62. The summed E-state index contributed by atoms with van der Waals surface area (Å²) < 4.78 is 14.2. The Balaban J connectivity index is 2.03. The van der Waals surface area contributed by atoms with Crippen molar-refractivity contribution < 1.29 is 28.6 Å². The maximum Gasteiger partial charge on any atom is 0.521 e. The van der Waals surface area contributed by atoms with Gasteiger partial charge in [-0.2, -0.15) is 0 Å². The average molecular weight is 338 g/mol. The maximum atomic E-state index is 11.3. The highest BCUT2D eigenvalue weighted by atomic mass is 16.7. The number of ether oxygens (including phenoxy) is 3. The van der Waals surface area contributed by atoms with Crippen molar-refractivity contribution in [1.29, 1.82) is 0 Å². The van der Waals surface area contributed by atoms with E-state index in [0.29, 0.717) is 5.75 Å². The van der Waals surface area contributed by atoms with Crippen LogP contribution in [0.2, 0.25) is 0 Å². The van der Waals surface area contributed by atoms with Gasteiger partial charge in [0.1, 0.15) is 11.5 Å². The number of rotatable bonds is 5. The van der Waals surface area contributed by atoms with E-state index in [2.05, 4.69) is 17.9 Å². The van der Waals surface area contributed by atoms with Crippen LogP contribution in [0.25, 0.3) is 11.1 Å². The summed E-state index contributed by atoms with van der Waals surface area (Å²) >= 11 is 0. The largest absolute Gasteiger partial charge is 0.521 e. The molecule has 0 spiro atoms. The predicted molar refractivity (Wildman–Crippen MR) is 90.0 cm³/mol. The standard InChI is InChI=1S/C19H14O6/c1-3-17(20)23-15-9-5-13(6-10-15)14-7-11-16(12-8-14)24-19(22)25-18(21)4-2/h3-12H,1-2H2. The summed E-state index contributed by atoms with van der Waals surface area (Å²) in [5.74, 6) is -0.791. The second kappa shape index (κ2) is 8.26. The fourth-order valence-corrected chi connectivity index (χ4v) is 1.83. The molecule has 0 heterocycles. The number of hydrogen-bond acceptors (Lipinski definition) is 6. The smallest absolute Gasteiger partial charge is 0.423 e. The van der Waals surface area contributed by atoms with Gasteiger partial charge in [-0.1, -0.05) is 37.4 Å². The van der Waals surface area contributed by atoms with Crippen molar-refractivity contribution in [3.63, 3.8) is 0 Å². The van der Waals surface area contributed by atoms with Gasteiger partial charge in [-0.25, -0.2) is 14.4 Å². The van der Waals surface area contributed by atoms with Crippen LogP contribution in [0.4, 0.5) is 4.79 Å². The van der Waals surface area contributed by atoms with Gasteiger partial charge in [0.15, 0.2) is 0 Å². The molecule has 0 amide bonds. The molecule has 0 aliphatic heterocycles. The molecular formula is C19H14O6. The van der Waals surface area contributed by atoms with Crippen molar-refractivity contribution in [2.75, 3.05) is 0 Å². The lowest BCUT2D eigenvalue weighted by Gasteiger charge is -2.06. The molecule has 0 aliphatic carbocycles. The van der Waals surface area contributed by atoms with E-state index in [1.807, 2.05) is 0 Å². The van der Waals surface area contributed by atoms with Gasteiger partial charge in [-0.15, -0.1) is 0 Å². The van der Waals surface area contributed by atoms with E-state index in [9.17, 15) is 14.4 Å². The van der Waals surface area contributed by atoms with E-state index in [1.54, 1.807) is 48.5 Å². The number of hydrogen-bond donors (Lipinski definition) is 0. The van der Waals surface area contributed by atoms with E-state index in [4.69, 9.17) is 9.47 Å². The summed E-state index contributed by atoms with van der Waals surface area (Å²) in [6, 6.07) is 13.4. The second-order valence-electron chi connectivity index (χ2n) is 4.65. The van der Waals surface area contributed by atoms with Gasteiger partial charge in [0.05, 0.1) is 0 Å². The van der Waals surface area contributed by atoms with Crippen molar-refractivity contribution >= 4 is 18.1 Å². The molecule has 0 fully saturated rings. The third-order valence-electron chi connectivity index (χ3n) is 2.98. The van der Waals surface area contributed by atoms with Crippen LogP contribution in [0.1, 0.15) is 0 Å². The van der Waals surface area contributed by atoms with Gasteiger partial charge < -0.3 is 14.2 Å². The Bertz CT molecular complexity index is 803. The predicted octanol–water partition coefficient (Wildman–Crippen LogP) is 3.67. The SMILES string of the molecule is C=CC(=O)OC(=O)Oc1ccc(-c2ccc(OC(=O)C=C)cc2)cc1. The van der Waals surface area contributed by atoms with Gasteiger partial charge in [-0.3, -0.25) is 0 Å². The fourth-order valence-electron chi connectivity index (χ4n) is 1.83. The minimum absolute atomic E-state index is 0.224. The molecule has 0 saturated heterocycles. The summed E-state index contributed by atoms with van der Waals surface area (Å²) in [6.07, 6.45) is 0.812. The molecule has 0 N–H and O–H groups in total. The third kappa shape index (κ3) is 5.18. The van der Waals surface area contributed by atoms with Crippen molar-refractivity contribution in [3.8, 4) is 22.6 Å². The number of carbonyl (C=O) groups is 3. The molecule has 0 saturated carbocycles. The Hall–Kier alpha value is -3.67. The van der Waals surface area contributed by atoms with Crippen LogP contribution in [-0.2, 0) is 14.3 Å². The van der Waals surface area contributed by atoms with Crippen LogP contribution < -0.4 is 9.47 Å². The van der Waals surface area contributed by atoms with Crippen LogP contribution >= 0.6 is 0 Å². The zero-order valence-corrected chi connectivity index (χ0v) is 13.1. The van der Waals surface area contributed by atoms with Gasteiger partial charge in [-0.05, 0) is 35.4 Å². The Morgan fingerprint density at radius 3 is 1.56 bits per heavy atom. The van der Waals surface area contributed by atoms with E-state index in [1.165, 1.54) is 0 Å². The first-order valence-electron chi connectivity index (χ1n) is 7.12. The minimum atomic E-state index is -1.13.